The number of nitrogens with one attached hydrogen (secondary N) is 1. The van der Waals surface area contributed by atoms with Gasteiger partial charge in [-0.05, 0) is 30.5 Å². The summed E-state index contributed by atoms with van der Waals surface area (Å²) in [6.45, 7) is 1.30. The Morgan fingerprint density at radius 3 is 2.80 bits per heavy atom. The van der Waals surface area contributed by atoms with Crippen molar-refractivity contribution in [2.24, 2.45) is 0 Å². The highest BCUT2D eigenvalue weighted by Gasteiger charge is 2.32. The Labute approximate surface area is 172 Å². The summed E-state index contributed by atoms with van der Waals surface area (Å²) in [6.07, 6.45) is 4.53. The minimum atomic E-state index is -0.633. The van der Waals surface area contributed by atoms with Crippen LogP contribution in [0, 0.1) is 5.82 Å². The second-order valence-corrected chi connectivity index (χ2v) is 7.12. The molecule has 9 heteroatoms. The van der Waals surface area contributed by atoms with Gasteiger partial charge in [0.15, 0.2) is 17.2 Å². The van der Waals surface area contributed by atoms with Crippen molar-refractivity contribution in [2.75, 3.05) is 6.54 Å². The molecule has 1 N–H and O–H groups in total. The van der Waals surface area contributed by atoms with Gasteiger partial charge in [0.2, 0.25) is 0 Å². The number of rotatable bonds is 6. The fraction of sp³-hybridized carbons (Fsp3) is 0.286. The predicted octanol–water partition coefficient (Wildman–Crippen LogP) is 2.05. The average molecular weight is 408 g/mol. The van der Waals surface area contributed by atoms with E-state index in [0.717, 1.165) is 18.4 Å². The van der Waals surface area contributed by atoms with Gasteiger partial charge in [-0.1, -0.05) is 35.5 Å². The molecule has 0 unspecified atom stereocenters. The molecular formula is C21H21FN6O2. The number of carbonyl (C=O) groups is 2. The van der Waals surface area contributed by atoms with Crippen LogP contribution in [0.1, 0.15) is 39.4 Å². The molecule has 3 heterocycles. The molecule has 1 aliphatic rings. The maximum Gasteiger partial charge on any atom is 0.275 e. The third-order valence-electron chi connectivity index (χ3n) is 5.06. The van der Waals surface area contributed by atoms with E-state index in [-0.39, 0.29) is 23.3 Å². The smallest absolute Gasteiger partial charge is 0.275 e. The minimum Gasteiger partial charge on any atom is -0.347 e. The molecule has 0 saturated carbocycles. The first-order valence-corrected chi connectivity index (χ1v) is 9.75. The minimum absolute atomic E-state index is 0.166. The molecule has 1 aromatic carbocycles. The third-order valence-corrected chi connectivity index (χ3v) is 5.06. The van der Waals surface area contributed by atoms with Crippen molar-refractivity contribution >= 4 is 11.8 Å². The number of benzene rings is 1. The van der Waals surface area contributed by atoms with Crippen molar-refractivity contribution in [3.05, 3.63) is 77.6 Å². The van der Waals surface area contributed by atoms with Gasteiger partial charge in [-0.3, -0.25) is 9.59 Å². The molecule has 3 aromatic rings. The van der Waals surface area contributed by atoms with Gasteiger partial charge in [-0.25, -0.2) is 14.1 Å². The second kappa shape index (κ2) is 8.81. The summed E-state index contributed by atoms with van der Waals surface area (Å²) in [4.78, 5) is 30.5. The summed E-state index contributed by atoms with van der Waals surface area (Å²) in [7, 11) is 0. The van der Waals surface area contributed by atoms with E-state index in [4.69, 9.17) is 0 Å². The first-order chi connectivity index (χ1) is 14.6. The predicted molar refractivity (Wildman–Crippen MR) is 106 cm³/mol. The molecule has 4 rings (SSSR count). The number of hydrogen-bond donors (Lipinski definition) is 1. The molecule has 8 nitrogen and oxygen atoms in total. The van der Waals surface area contributed by atoms with Crippen LogP contribution in [0.4, 0.5) is 4.39 Å². The van der Waals surface area contributed by atoms with Crippen LogP contribution in [0.5, 0.6) is 0 Å². The van der Waals surface area contributed by atoms with Gasteiger partial charge >= 0.3 is 0 Å². The topological polar surface area (TPSA) is 93.0 Å². The van der Waals surface area contributed by atoms with Crippen LogP contribution < -0.4 is 5.32 Å². The first-order valence-electron chi connectivity index (χ1n) is 9.75. The zero-order chi connectivity index (χ0) is 20.9. The fourth-order valence-electron chi connectivity index (χ4n) is 3.55. The summed E-state index contributed by atoms with van der Waals surface area (Å²) in [6, 6.07) is 12.1. The Hall–Kier alpha value is -3.62. The van der Waals surface area contributed by atoms with Crippen molar-refractivity contribution in [1.29, 1.82) is 0 Å². The number of carbonyl (C=O) groups excluding carboxylic acids is 2. The van der Waals surface area contributed by atoms with Crippen LogP contribution in [-0.2, 0) is 13.1 Å². The number of likely N-dealkylation sites (tertiary alicyclic amines) is 1. The normalized spacial score (nSPS) is 15.9. The highest BCUT2D eigenvalue weighted by Crippen LogP contribution is 2.21. The van der Waals surface area contributed by atoms with E-state index in [1.165, 1.54) is 18.3 Å². The van der Waals surface area contributed by atoms with Crippen molar-refractivity contribution < 1.29 is 14.0 Å². The molecule has 154 valence electrons. The van der Waals surface area contributed by atoms with Crippen molar-refractivity contribution in [1.82, 2.24) is 30.2 Å². The van der Waals surface area contributed by atoms with Gasteiger partial charge in [0, 0.05) is 19.3 Å². The Balaban J connectivity index is 1.38. The molecule has 1 fully saturated rings. The van der Waals surface area contributed by atoms with Crippen LogP contribution in [-0.4, -0.2) is 49.3 Å². The van der Waals surface area contributed by atoms with Gasteiger partial charge in [-0.15, -0.1) is 5.10 Å². The molecule has 0 radical (unpaired) electrons. The van der Waals surface area contributed by atoms with Gasteiger partial charge in [0.25, 0.3) is 11.8 Å². The van der Waals surface area contributed by atoms with Gasteiger partial charge in [0.1, 0.15) is 0 Å². The van der Waals surface area contributed by atoms with Gasteiger partial charge in [0.05, 0.1) is 18.8 Å². The standard InChI is InChI=1S/C21H21FN6O2/c22-17-9-4-10-23-19(17)21(30)28-11-5-8-16(28)13-27-14-18(25-26-27)20(29)24-12-15-6-2-1-3-7-15/h1-4,6-7,9-10,14,16H,5,8,11-13H2,(H,24,29)/t16-/m0/s1. The third kappa shape index (κ3) is 4.35. The van der Waals surface area contributed by atoms with Crippen LogP contribution in [0.3, 0.4) is 0 Å². The Morgan fingerprint density at radius 1 is 1.17 bits per heavy atom. The molecule has 1 aliphatic heterocycles. The fourth-order valence-corrected chi connectivity index (χ4v) is 3.55. The number of hydrogen-bond acceptors (Lipinski definition) is 5. The monoisotopic (exact) mass is 408 g/mol. The van der Waals surface area contributed by atoms with E-state index in [1.807, 2.05) is 30.3 Å². The molecule has 2 aromatic heterocycles. The Bertz CT molecular complexity index is 1040. The lowest BCUT2D eigenvalue weighted by Crippen LogP contribution is -2.39. The summed E-state index contributed by atoms with van der Waals surface area (Å²) >= 11 is 0. The van der Waals surface area contributed by atoms with Crippen molar-refractivity contribution in [2.45, 2.75) is 32.0 Å². The molecule has 0 aliphatic carbocycles. The van der Waals surface area contributed by atoms with E-state index in [9.17, 15) is 14.0 Å². The van der Waals surface area contributed by atoms with Crippen molar-refractivity contribution in [3.8, 4) is 0 Å². The highest BCUT2D eigenvalue weighted by atomic mass is 19.1. The van der Waals surface area contributed by atoms with Gasteiger partial charge in [-0.2, -0.15) is 0 Å². The molecule has 30 heavy (non-hydrogen) atoms. The molecule has 2 amide bonds. The maximum absolute atomic E-state index is 14.0. The number of pyridine rings is 1. The summed E-state index contributed by atoms with van der Waals surface area (Å²) < 4.78 is 15.5. The van der Waals surface area contributed by atoms with E-state index in [1.54, 1.807) is 15.8 Å². The van der Waals surface area contributed by atoms with Crippen molar-refractivity contribution in [3.63, 3.8) is 0 Å². The van der Waals surface area contributed by atoms with E-state index in [0.29, 0.717) is 19.6 Å². The number of nitrogens with zero attached hydrogens (tertiary/aromatic N) is 5. The number of aromatic nitrogens is 4. The lowest BCUT2D eigenvalue weighted by molar-refractivity contribution is 0.0709. The Morgan fingerprint density at radius 2 is 2.00 bits per heavy atom. The molecule has 0 bridgehead atoms. The zero-order valence-corrected chi connectivity index (χ0v) is 16.2. The lowest BCUT2D eigenvalue weighted by Gasteiger charge is -2.24. The summed E-state index contributed by atoms with van der Waals surface area (Å²) in [5, 5.41) is 10.8. The van der Waals surface area contributed by atoms with E-state index >= 15 is 0 Å². The summed E-state index contributed by atoms with van der Waals surface area (Å²) in [5.74, 6) is -1.39. The molecule has 1 saturated heterocycles. The zero-order valence-electron chi connectivity index (χ0n) is 16.2. The van der Waals surface area contributed by atoms with E-state index in [2.05, 4.69) is 20.6 Å². The highest BCUT2D eigenvalue weighted by molar-refractivity contribution is 5.93. The molecule has 1 atom stereocenters. The SMILES string of the molecule is O=C(NCc1ccccc1)c1cn(C[C@@H]2CCCN2C(=O)c2ncccc2F)nn1. The second-order valence-electron chi connectivity index (χ2n) is 7.12. The number of halogens is 1. The van der Waals surface area contributed by atoms with E-state index < -0.39 is 11.7 Å². The summed E-state index contributed by atoms with van der Waals surface area (Å²) in [5.41, 5.74) is 1.02. The van der Waals surface area contributed by atoms with Crippen LogP contribution in [0.15, 0.2) is 54.9 Å². The maximum atomic E-state index is 14.0. The quantitative estimate of drug-likeness (QED) is 0.674. The largest absolute Gasteiger partial charge is 0.347 e. The molecule has 0 spiro atoms. The molecular weight excluding hydrogens is 387 g/mol. The van der Waals surface area contributed by atoms with Crippen LogP contribution in [0.25, 0.3) is 0 Å². The number of amides is 2. The Kier molecular flexibility index (Phi) is 5.78. The van der Waals surface area contributed by atoms with Crippen LogP contribution >= 0.6 is 0 Å². The lowest BCUT2D eigenvalue weighted by atomic mass is 10.2. The van der Waals surface area contributed by atoms with Gasteiger partial charge < -0.3 is 10.2 Å². The first kappa shape index (κ1) is 19.7. The average Bonchev–Trinajstić information content (AvgIpc) is 3.43. The van der Waals surface area contributed by atoms with Crippen LogP contribution in [0.2, 0.25) is 0 Å².